The van der Waals surface area contributed by atoms with Crippen molar-refractivity contribution in [2.75, 3.05) is 18.0 Å². The van der Waals surface area contributed by atoms with Gasteiger partial charge in [0.15, 0.2) is 0 Å². The van der Waals surface area contributed by atoms with Gasteiger partial charge in [-0.25, -0.2) is 4.98 Å². The van der Waals surface area contributed by atoms with Crippen molar-refractivity contribution >= 4 is 17.0 Å². The lowest BCUT2D eigenvalue weighted by atomic mass is 10.1. The summed E-state index contributed by atoms with van der Waals surface area (Å²) in [5.74, 6) is 0.961. The van der Waals surface area contributed by atoms with Gasteiger partial charge in [-0.05, 0) is 31.0 Å². The van der Waals surface area contributed by atoms with Crippen molar-refractivity contribution in [1.29, 1.82) is 0 Å². The smallest absolute Gasteiger partial charge is 0.206 e. The number of aliphatic hydroxyl groups excluding tert-OH is 1. The predicted molar refractivity (Wildman–Crippen MR) is 92.9 cm³/mol. The van der Waals surface area contributed by atoms with Crippen LogP contribution in [0.25, 0.3) is 11.0 Å². The number of benzene rings is 2. The normalized spacial score (nSPS) is 18.0. The average molecular weight is 307 g/mol. The van der Waals surface area contributed by atoms with Crippen LogP contribution in [0.3, 0.4) is 0 Å². The number of aryl methyl sites for hydroxylation is 1. The Bertz CT molecular complexity index is 822. The summed E-state index contributed by atoms with van der Waals surface area (Å²) in [5, 5.41) is 9.87. The molecule has 23 heavy (non-hydrogen) atoms. The van der Waals surface area contributed by atoms with Gasteiger partial charge in [0.1, 0.15) is 0 Å². The molecule has 1 aromatic heterocycles. The molecule has 0 bridgehead atoms. The van der Waals surface area contributed by atoms with Crippen LogP contribution in [-0.4, -0.2) is 33.9 Å². The number of β-amino-alcohol motifs (C(OH)–C–C–N with tert-alkyl or cyclic N) is 1. The van der Waals surface area contributed by atoms with Gasteiger partial charge in [0, 0.05) is 13.1 Å². The maximum atomic E-state index is 9.87. The van der Waals surface area contributed by atoms with Crippen LogP contribution in [-0.2, 0) is 6.54 Å². The molecule has 2 heterocycles. The first-order valence-corrected chi connectivity index (χ1v) is 8.14. The Hall–Kier alpha value is -2.33. The van der Waals surface area contributed by atoms with E-state index in [1.807, 2.05) is 6.07 Å². The third-order valence-electron chi connectivity index (χ3n) is 4.54. The number of hydrogen-bond acceptors (Lipinski definition) is 3. The molecule has 4 heteroatoms. The fourth-order valence-electron chi connectivity index (χ4n) is 3.26. The van der Waals surface area contributed by atoms with Crippen molar-refractivity contribution in [3.63, 3.8) is 0 Å². The number of para-hydroxylation sites is 2. The Morgan fingerprint density at radius 3 is 2.65 bits per heavy atom. The van der Waals surface area contributed by atoms with Gasteiger partial charge >= 0.3 is 0 Å². The van der Waals surface area contributed by atoms with Gasteiger partial charge in [0.05, 0.1) is 23.7 Å². The molecule has 0 radical (unpaired) electrons. The van der Waals surface area contributed by atoms with Crippen molar-refractivity contribution in [3.05, 3.63) is 59.7 Å². The van der Waals surface area contributed by atoms with Crippen LogP contribution < -0.4 is 4.90 Å². The van der Waals surface area contributed by atoms with Gasteiger partial charge in [0.2, 0.25) is 5.95 Å². The second-order valence-corrected chi connectivity index (χ2v) is 6.36. The summed E-state index contributed by atoms with van der Waals surface area (Å²) >= 11 is 0. The monoisotopic (exact) mass is 307 g/mol. The Labute approximate surface area is 136 Å². The predicted octanol–water partition coefficient (Wildman–Crippen LogP) is 2.96. The maximum absolute atomic E-state index is 9.87. The van der Waals surface area contributed by atoms with E-state index in [0.717, 1.165) is 36.5 Å². The highest BCUT2D eigenvalue weighted by molar-refractivity contribution is 5.79. The lowest BCUT2D eigenvalue weighted by Crippen LogP contribution is -2.25. The largest absolute Gasteiger partial charge is 0.391 e. The van der Waals surface area contributed by atoms with Crippen LogP contribution in [0, 0.1) is 6.92 Å². The van der Waals surface area contributed by atoms with Crippen molar-refractivity contribution < 1.29 is 5.11 Å². The number of fused-ring (bicyclic) bond motifs is 1. The van der Waals surface area contributed by atoms with E-state index in [9.17, 15) is 5.11 Å². The van der Waals surface area contributed by atoms with Crippen LogP contribution in [0.5, 0.6) is 0 Å². The molecule has 1 aliphatic rings. The maximum Gasteiger partial charge on any atom is 0.206 e. The van der Waals surface area contributed by atoms with Crippen LogP contribution in [0.2, 0.25) is 0 Å². The summed E-state index contributed by atoms with van der Waals surface area (Å²) in [6.45, 7) is 4.42. The highest BCUT2D eigenvalue weighted by Crippen LogP contribution is 2.26. The summed E-state index contributed by atoms with van der Waals surface area (Å²) in [6, 6.07) is 16.9. The first-order chi connectivity index (χ1) is 11.2. The van der Waals surface area contributed by atoms with Gasteiger partial charge in [-0.15, -0.1) is 0 Å². The molecule has 0 amide bonds. The molecule has 4 nitrogen and oxygen atoms in total. The molecular weight excluding hydrogens is 286 g/mol. The number of rotatable bonds is 3. The molecule has 1 saturated heterocycles. The van der Waals surface area contributed by atoms with Gasteiger partial charge < -0.3 is 14.6 Å². The molecule has 1 aliphatic heterocycles. The quantitative estimate of drug-likeness (QED) is 0.809. The third-order valence-corrected chi connectivity index (χ3v) is 4.54. The molecule has 3 aromatic rings. The highest BCUT2D eigenvalue weighted by Gasteiger charge is 2.25. The lowest BCUT2D eigenvalue weighted by molar-refractivity contribution is 0.198. The fourth-order valence-corrected chi connectivity index (χ4v) is 3.26. The minimum Gasteiger partial charge on any atom is -0.391 e. The highest BCUT2D eigenvalue weighted by atomic mass is 16.3. The molecule has 2 aromatic carbocycles. The van der Waals surface area contributed by atoms with Crippen molar-refractivity contribution in [3.8, 4) is 0 Å². The van der Waals surface area contributed by atoms with Crippen LogP contribution in [0.15, 0.2) is 48.5 Å². The van der Waals surface area contributed by atoms with E-state index in [0.29, 0.717) is 6.54 Å². The molecule has 1 fully saturated rings. The van der Waals surface area contributed by atoms with Crippen LogP contribution >= 0.6 is 0 Å². The standard InChI is InChI=1S/C19H21N3O/c1-14-6-8-15(9-7-14)12-22-18-5-3-2-4-17(18)20-19(22)21-11-10-16(23)13-21/h2-9,16,23H,10-13H2,1H3/t16-/m1/s1. The summed E-state index contributed by atoms with van der Waals surface area (Å²) in [5.41, 5.74) is 4.69. The minimum atomic E-state index is -0.248. The SMILES string of the molecule is Cc1ccc(Cn2c(N3CC[C@@H](O)C3)nc3ccccc32)cc1. The number of aromatic nitrogens is 2. The Balaban J connectivity index is 1.77. The molecule has 0 aliphatic carbocycles. The third kappa shape index (κ3) is 2.70. The molecule has 1 N–H and O–H groups in total. The van der Waals surface area contributed by atoms with Gasteiger partial charge in [-0.1, -0.05) is 42.0 Å². The zero-order valence-electron chi connectivity index (χ0n) is 13.3. The van der Waals surface area contributed by atoms with E-state index >= 15 is 0 Å². The second kappa shape index (κ2) is 5.70. The fraction of sp³-hybridized carbons (Fsp3) is 0.316. The zero-order chi connectivity index (χ0) is 15.8. The number of nitrogens with zero attached hydrogens (tertiary/aromatic N) is 3. The van der Waals surface area contributed by atoms with E-state index in [2.05, 4.69) is 58.9 Å². The lowest BCUT2D eigenvalue weighted by Gasteiger charge is -2.19. The molecule has 0 unspecified atom stereocenters. The molecule has 118 valence electrons. The zero-order valence-corrected chi connectivity index (χ0v) is 13.3. The summed E-state index contributed by atoms with van der Waals surface area (Å²) < 4.78 is 2.26. The van der Waals surface area contributed by atoms with Crippen LogP contribution in [0.1, 0.15) is 17.5 Å². The molecular formula is C19H21N3O. The molecule has 1 atom stereocenters. The van der Waals surface area contributed by atoms with E-state index in [-0.39, 0.29) is 6.10 Å². The van der Waals surface area contributed by atoms with E-state index < -0.39 is 0 Å². The van der Waals surface area contributed by atoms with E-state index in [1.165, 1.54) is 11.1 Å². The molecule has 4 rings (SSSR count). The Morgan fingerprint density at radius 2 is 1.91 bits per heavy atom. The number of hydrogen-bond donors (Lipinski definition) is 1. The van der Waals surface area contributed by atoms with Crippen molar-refractivity contribution in [2.24, 2.45) is 0 Å². The molecule has 0 spiro atoms. The number of imidazole rings is 1. The molecule has 0 saturated carbocycles. The van der Waals surface area contributed by atoms with Gasteiger partial charge in [-0.2, -0.15) is 0 Å². The Kier molecular flexibility index (Phi) is 3.54. The Morgan fingerprint density at radius 1 is 1.13 bits per heavy atom. The first kappa shape index (κ1) is 14.3. The van der Waals surface area contributed by atoms with Crippen molar-refractivity contribution in [1.82, 2.24) is 9.55 Å². The van der Waals surface area contributed by atoms with Gasteiger partial charge in [0.25, 0.3) is 0 Å². The summed E-state index contributed by atoms with van der Waals surface area (Å²) in [4.78, 5) is 7.01. The van der Waals surface area contributed by atoms with Crippen LogP contribution in [0.4, 0.5) is 5.95 Å². The van der Waals surface area contributed by atoms with E-state index in [4.69, 9.17) is 4.98 Å². The first-order valence-electron chi connectivity index (χ1n) is 8.14. The summed E-state index contributed by atoms with van der Waals surface area (Å²) in [6.07, 6.45) is 0.566. The van der Waals surface area contributed by atoms with E-state index in [1.54, 1.807) is 0 Å². The van der Waals surface area contributed by atoms with Gasteiger partial charge in [-0.3, -0.25) is 0 Å². The topological polar surface area (TPSA) is 41.3 Å². The second-order valence-electron chi connectivity index (χ2n) is 6.36. The average Bonchev–Trinajstić information content (AvgIpc) is 3.14. The number of anilines is 1. The minimum absolute atomic E-state index is 0.248. The number of aliphatic hydroxyl groups is 1. The van der Waals surface area contributed by atoms with Crippen molar-refractivity contribution in [2.45, 2.75) is 26.0 Å². The summed E-state index contributed by atoms with van der Waals surface area (Å²) in [7, 11) is 0.